The Morgan fingerprint density at radius 1 is 0.977 bits per heavy atom. The summed E-state index contributed by atoms with van der Waals surface area (Å²) in [5.41, 5.74) is 1.11. The molecule has 2 fully saturated rings. The van der Waals surface area contributed by atoms with Gasteiger partial charge >= 0.3 is 6.03 Å². The van der Waals surface area contributed by atoms with Gasteiger partial charge in [0, 0.05) is 44.6 Å². The fourth-order valence-electron chi connectivity index (χ4n) is 5.90. The van der Waals surface area contributed by atoms with Crippen LogP contribution in [-0.2, 0) is 10.2 Å². The molecule has 0 bridgehead atoms. The first-order valence-corrected chi connectivity index (χ1v) is 14.7. The highest BCUT2D eigenvalue weighted by Gasteiger charge is 2.44. The molecule has 9 heteroatoms. The second-order valence-electron chi connectivity index (χ2n) is 11.4. The molecule has 1 N–H and O–H groups in total. The van der Waals surface area contributed by atoms with Crippen LogP contribution in [-0.4, -0.2) is 60.5 Å². The third kappa shape index (κ3) is 6.87. The van der Waals surface area contributed by atoms with Crippen molar-refractivity contribution in [3.05, 3.63) is 114 Å². The summed E-state index contributed by atoms with van der Waals surface area (Å²) < 4.78 is 41.4. The molecule has 2 aromatic rings. The number of carbonyl (C=O) groups excluding carboxylic acids is 2. The first kappa shape index (κ1) is 30.2. The van der Waals surface area contributed by atoms with Crippen molar-refractivity contribution < 1.29 is 22.8 Å². The summed E-state index contributed by atoms with van der Waals surface area (Å²) >= 11 is 0. The Hall–Kier alpha value is -4.27. The number of benzene rings is 2. The molecule has 43 heavy (non-hydrogen) atoms. The summed E-state index contributed by atoms with van der Waals surface area (Å²) in [6.45, 7) is 7.88. The molecule has 1 saturated heterocycles. The molecule has 0 spiro atoms. The van der Waals surface area contributed by atoms with Gasteiger partial charge in [0.05, 0.1) is 11.5 Å². The maximum Gasteiger partial charge on any atom is 0.324 e. The van der Waals surface area contributed by atoms with E-state index in [1.165, 1.54) is 42.5 Å². The van der Waals surface area contributed by atoms with Crippen molar-refractivity contribution in [2.75, 3.05) is 37.6 Å². The lowest BCUT2D eigenvalue weighted by molar-refractivity contribution is -0.126. The summed E-state index contributed by atoms with van der Waals surface area (Å²) in [5.74, 6) is -1.20. The van der Waals surface area contributed by atoms with Crippen LogP contribution in [0.1, 0.15) is 31.7 Å². The molecule has 1 aliphatic carbocycles. The zero-order valence-electron chi connectivity index (χ0n) is 24.3. The summed E-state index contributed by atoms with van der Waals surface area (Å²) in [7, 11) is 0. The summed E-state index contributed by atoms with van der Waals surface area (Å²) in [6.07, 6.45) is 9.61. The zero-order chi connectivity index (χ0) is 30.6. The zero-order valence-corrected chi connectivity index (χ0v) is 24.3. The highest BCUT2D eigenvalue weighted by atomic mass is 19.1. The van der Waals surface area contributed by atoms with E-state index in [1.807, 2.05) is 0 Å². The molecule has 3 aliphatic rings. The van der Waals surface area contributed by atoms with E-state index < -0.39 is 17.1 Å². The van der Waals surface area contributed by atoms with Gasteiger partial charge in [-0.15, -0.1) is 0 Å². The molecule has 3 amide bonds. The van der Waals surface area contributed by atoms with Crippen molar-refractivity contribution in [3.63, 3.8) is 0 Å². The van der Waals surface area contributed by atoms with E-state index in [0.29, 0.717) is 43.7 Å². The highest BCUT2D eigenvalue weighted by Crippen LogP contribution is 2.39. The molecule has 2 aliphatic heterocycles. The third-order valence-electron chi connectivity index (χ3n) is 8.55. The van der Waals surface area contributed by atoms with Gasteiger partial charge in [-0.3, -0.25) is 4.79 Å². The van der Waals surface area contributed by atoms with E-state index in [0.717, 1.165) is 18.5 Å². The van der Waals surface area contributed by atoms with Gasteiger partial charge in [-0.25, -0.2) is 18.0 Å². The predicted molar refractivity (Wildman–Crippen MR) is 162 cm³/mol. The molecule has 6 nitrogen and oxygen atoms in total. The van der Waals surface area contributed by atoms with Gasteiger partial charge in [-0.05, 0) is 97.9 Å². The number of nitrogens with one attached hydrogen (secondary N) is 1. The number of anilines is 1. The van der Waals surface area contributed by atoms with E-state index in [1.54, 1.807) is 53.3 Å². The van der Waals surface area contributed by atoms with Crippen LogP contribution in [0.2, 0.25) is 0 Å². The fraction of sp³-hybridized carbons (Fsp3) is 0.353. The first-order chi connectivity index (χ1) is 20.7. The van der Waals surface area contributed by atoms with Gasteiger partial charge in [0.1, 0.15) is 17.5 Å². The van der Waals surface area contributed by atoms with Gasteiger partial charge in [-0.2, -0.15) is 0 Å². The Balaban J connectivity index is 1.32. The van der Waals surface area contributed by atoms with Crippen molar-refractivity contribution in [1.82, 2.24) is 15.1 Å². The number of hydrogen-bond acceptors (Lipinski definition) is 3. The molecule has 0 radical (unpaired) electrons. The number of hydrogen-bond donors (Lipinski definition) is 1. The van der Waals surface area contributed by atoms with Crippen LogP contribution >= 0.6 is 0 Å². The molecule has 1 unspecified atom stereocenters. The van der Waals surface area contributed by atoms with E-state index >= 15 is 0 Å². The van der Waals surface area contributed by atoms with Crippen molar-refractivity contribution in [2.45, 2.75) is 37.6 Å². The summed E-state index contributed by atoms with van der Waals surface area (Å²) in [5, 5.41) is 3.17. The Labute approximate surface area is 250 Å². The number of carbonyl (C=O) groups is 2. The first-order valence-electron chi connectivity index (χ1n) is 14.7. The van der Waals surface area contributed by atoms with Crippen molar-refractivity contribution >= 4 is 17.6 Å². The molecule has 5 rings (SSSR count). The lowest BCUT2D eigenvalue weighted by Crippen LogP contribution is -2.55. The molecule has 2 aromatic carbocycles. The largest absolute Gasteiger partial charge is 0.368 e. The molecular weight excluding hydrogens is 553 g/mol. The molecule has 2 atom stereocenters. The van der Waals surface area contributed by atoms with Gasteiger partial charge < -0.3 is 20.0 Å². The average molecular weight is 591 g/mol. The van der Waals surface area contributed by atoms with E-state index in [2.05, 4.69) is 16.8 Å². The number of halogens is 3. The van der Waals surface area contributed by atoms with Crippen LogP contribution in [0, 0.1) is 17.6 Å². The summed E-state index contributed by atoms with van der Waals surface area (Å²) in [6, 6.07) is 11.7. The smallest absolute Gasteiger partial charge is 0.324 e. The molecule has 2 heterocycles. The SMILES string of the molecule is C=C/C=C(F)\C=C(/C)[C@H](NC(=O)C1(c2ccc(F)cc2)C=CN(C(=O)N2CCN(c3ccc(F)cc3)CC2)CC1)C1CC1. The van der Waals surface area contributed by atoms with Crippen LogP contribution in [0.3, 0.4) is 0 Å². The number of allylic oxidation sites excluding steroid dienone is 4. The highest BCUT2D eigenvalue weighted by molar-refractivity contribution is 5.92. The number of amides is 3. The quantitative estimate of drug-likeness (QED) is 0.370. The van der Waals surface area contributed by atoms with E-state index in [9.17, 15) is 22.8 Å². The van der Waals surface area contributed by atoms with Gasteiger partial charge in [0.2, 0.25) is 5.91 Å². The van der Waals surface area contributed by atoms with Crippen LogP contribution in [0.15, 0.2) is 97.0 Å². The monoisotopic (exact) mass is 590 g/mol. The predicted octanol–water partition coefficient (Wildman–Crippen LogP) is 6.24. The number of nitrogens with zero attached hydrogens (tertiary/aromatic N) is 3. The van der Waals surface area contributed by atoms with Crippen molar-refractivity contribution in [3.8, 4) is 0 Å². The van der Waals surface area contributed by atoms with Crippen LogP contribution in [0.4, 0.5) is 23.7 Å². The third-order valence-corrected chi connectivity index (χ3v) is 8.55. The van der Waals surface area contributed by atoms with Gasteiger partial charge in [-0.1, -0.05) is 24.8 Å². The average Bonchev–Trinajstić information content (AvgIpc) is 3.86. The minimum absolute atomic E-state index is 0.151. The van der Waals surface area contributed by atoms with E-state index in [-0.39, 0.29) is 36.3 Å². The van der Waals surface area contributed by atoms with Gasteiger partial charge in [0.15, 0.2) is 0 Å². The lowest BCUT2D eigenvalue weighted by Gasteiger charge is -2.41. The topological polar surface area (TPSA) is 55.9 Å². The number of urea groups is 1. The maximum atomic E-state index is 14.3. The van der Waals surface area contributed by atoms with Crippen molar-refractivity contribution in [1.29, 1.82) is 0 Å². The fourth-order valence-corrected chi connectivity index (χ4v) is 5.90. The second-order valence-corrected chi connectivity index (χ2v) is 11.4. The van der Waals surface area contributed by atoms with Crippen LogP contribution in [0.25, 0.3) is 0 Å². The van der Waals surface area contributed by atoms with E-state index in [4.69, 9.17) is 0 Å². The molecular formula is C34H37F3N4O2. The molecule has 226 valence electrons. The Morgan fingerprint density at radius 3 is 2.16 bits per heavy atom. The normalized spacial score (nSPS) is 21.9. The van der Waals surface area contributed by atoms with Crippen LogP contribution < -0.4 is 10.2 Å². The van der Waals surface area contributed by atoms with Crippen LogP contribution in [0.5, 0.6) is 0 Å². The number of rotatable bonds is 8. The van der Waals surface area contributed by atoms with Crippen molar-refractivity contribution in [2.24, 2.45) is 5.92 Å². The number of piperazine rings is 1. The Morgan fingerprint density at radius 2 is 1.60 bits per heavy atom. The van der Waals surface area contributed by atoms with Gasteiger partial charge in [0.25, 0.3) is 0 Å². The minimum atomic E-state index is -1.13. The molecule has 0 aromatic heterocycles. The standard InChI is InChI=1S/C34H37F3N4O2/c1-3-4-29(37)23-24(2)31(25-5-6-25)38-32(42)34(26-7-9-27(35)10-8-26)15-17-40(18-16-34)33(43)41-21-19-39(20-22-41)30-13-11-28(36)12-14-30/h3-4,7-15,17,23,25,31H,1,5-6,16,18-22H2,2H3,(H,38,42)/b24-23+,29-4+/t31-,34?/m0/s1. The molecule has 1 saturated carbocycles. The summed E-state index contributed by atoms with van der Waals surface area (Å²) in [4.78, 5) is 33.0. The second kappa shape index (κ2) is 12.9. The Bertz CT molecular complexity index is 1420. The Kier molecular flexibility index (Phi) is 9.08. The minimum Gasteiger partial charge on any atom is -0.368 e. The maximum absolute atomic E-state index is 14.3. The lowest BCUT2D eigenvalue weighted by atomic mass is 9.74.